The van der Waals surface area contributed by atoms with Crippen molar-refractivity contribution in [2.45, 2.75) is 6.54 Å². The van der Waals surface area contributed by atoms with Crippen LogP contribution in [-0.4, -0.2) is 30.6 Å². The lowest BCUT2D eigenvalue weighted by atomic mass is 10.2. The molecule has 0 bridgehead atoms. The molecule has 1 aromatic carbocycles. The summed E-state index contributed by atoms with van der Waals surface area (Å²) in [7, 11) is 3.32. The van der Waals surface area contributed by atoms with Gasteiger partial charge in [0.15, 0.2) is 0 Å². The third kappa shape index (κ3) is 1.80. The summed E-state index contributed by atoms with van der Waals surface area (Å²) in [6.07, 6.45) is 0. The van der Waals surface area contributed by atoms with Crippen LogP contribution in [0.1, 0.15) is 0 Å². The molecular formula is C11H14N2O2. The molecule has 0 radical (unpaired) electrons. The molecule has 2 rings (SSSR count). The van der Waals surface area contributed by atoms with Crippen LogP contribution in [0, 0.1) is 0 Å². The fourth-order valence-electron chi connectivity index (χ4n) is 1.60. The Kier molecular flexibility index (Phi) is 2.87. The summed E-state index contributed by atoms with van der Waals surface area (Å²) in [6.45, 7) is 1.38. The van der Waals surface area contributed by atoms with Crippen LogP contribution in [0.2, 0.25) is 0 Å². The summed E-state index contributed by atoms with van der Waals surface area (Å²) in [5, 5.41) is 5.40. The van der Waals surface area contributed by atoms with Gasteiger partial charge < -0.3 is 9.47 Å². The normalized spacial score (nSPS) is 10.8. The summed E-state index contributed by atoms with van der Waals surface area (Å²) in [6, 6.07) is 8.00. The second-order valence-corrected chi connectivity index (χ2v) is 3.24. The molecule has 0 atom stereocenters. The second-order valence-electron chi connectivity index (χ2n) is 3.24. The van der Waals surface area contributed by atoms with Gasteiger partial charge in [-0.15, -0.1) is 5.10 Å². The summed E-state index contributed by atoms with van der Waals surface area (Å²) in [4.78, 5) is 0. The highest BCUT2D eigenvalue weighted by Crippen LogP contribution is 2.23. The quantitative estimate of drug-likeness (QED) is 0.763. The molecule has 0 aliphatic rings. The molecule has 4 heteroatoms. The fourth-order valence-corrected chi connectivity index (χ4v) is 1.60. The number of nitrogens with zero attached hydrogens (tertiary/aromatic N) is 2. The fraction of sp³-hybridized carbons (Fsp3) is 0.364. The van der Waals surface area contributed by atoms with Gasteiger partial charge in [0.05, 0.1) is 31.2 Å². The Bertz CT molecular complexity index is 451. The molecule has 0 aliphatic carbocycles. The Labute approximate surface area is 88.4 Å². The Balaban J connectivity index is 2.45. The van der Waals surface area contributed by atoms with E-state index in [0.717, 1.165) is 17.4 Å². The Hall–Kier alpha value is -1.55. The van der Waals surface area contributed by atoms with Crippen LogP contribution >= 0.6 is 0 Å². The van der Waals surface area contributed by atoms with E-state index in [9.17, 15) is 0 Å². The molecule has 0 N–H and O–H groups in total. The van der Waals surface area contributed by atoms with Crippen LogP contribution in [0.5, 0.6) is 5.88 Å². The third-order valence-electron chi connectivity index (χ3n) is 2.32. The van der Waals surface area contributed by atoms with E-state index in [4.69, 9.17) is 9.47 Å². The second kappa shape index (κ2) is 4.31. The Morgan fingerprint density at radius 3 is 2.80 bits per heavy atom. The number of ether oxygens (including phenoxy) is 2. The standard InChI is InChI=1S/C11H14N2O2/c1-14-8-7-13-10-6-4-3-5-9(10)11(12-13)15-2/h3-6H,7-8H2,1-2H3. The van der Waals surface area contributed by atoms with Crippen molar-refractivity contribution in [3.05, 3.63) is 24.3 Å². The maximum Gasteiger partial charge on any atom is 0.240 e. The summed E-state index contributed by atoms with van der Waals surface area (Å²) < 4.78 is 12.2. The van der Waals surface area contributed by atoms with Gasteiger partial charge in [-0.05, 0) is 12.1 Å². The minimum Gasteiger partial charge on any atom is -0.479 e. The molecule has 80 valence electrons. The van der Waals surface area contributed by atoms with Crippen molar-refractivity contribution in [3.63, 3.8) is 0 Å². The van der Waals surface area contributed by atoms with Crippen LogP contribution < -0.4 is 4.74 Å². The number of benzene rings is 1. The van der Waals surface area contributed by atoms with Gasteiger partial charge in [-0.3, -0.25) is 4.68 Å². The first-order valence-corrected chi connectivity index (χ1v) is 4.85. The van der Waals surface area contributed by atoms with Gasteiger partial charge in [-0.1, -0.05) is 12.1 Å². The predicted octanol–water partition coefficient (Wildman–Crippen LogP) is 1.69. The first kappa shape index (κ1) is 9.98. The van der Waals surface area contributed by atoms with Crippen molar-refractivity contribution in [1.82, 2.24) is 9.78 Å². The number of para-hydroxylation sites is 1. The first-order valence-electron chi connectivity index (χ1n) is 4.85. The topological polar surface area (TPSA) is 36.3 Å². The minimum absolute atomic E-state index is 0.648. The van der Waals surface area contributed by atoms with E-state index in [2.05, 4.69) is 5.10 Å². The Morgan fingerprint density at radius 2 is 2.07 bits per heavy atom. The number of fused-ring (bicyclic) bond motifs is 1. The molecule has 1 aromatic heterocycles. The molecule has 0 saturated heterocycles. The molecule has 1 heterocycles. The average molecular weight is 206 g/mol. The SMILES string of the molecule is COCCn1nc(OC)c2ccccc21. The maximum absolute atomic E-state index is 5.22. The zero-order chi connectivity index (χ0) is 10.7. The molecule has 0 unspecified atom stereocenters. The van der Waals surface area contributed by atoms with Gasteiger partial charge in [0, 0.05) is 7.11 Å². The number of hydrogen-bond donors (Lipinski definition) is 0. The number of rotatable bonds is 4. The van der Waals surface area contributed by atoms with E-state index in [0.29, 0.717) is 12.5 Å². The molecule has 0 amide bonds. The highest BCUT2D eigenvalue weighted by molar-refractivity contribution is 5.84. The van der Waals surface area contributed by atoms with Gasteiger partial charge in [0.25, 0.3) is 0 Å². The van der Waals surface area contributed by atoms with Crippen molar-refractivity contribution in [2.24, 2.45) is 0 Å². The Morgan fingerprint density at radius 1 is 1.27 bits per heavy atom. The van der Waals surface area contributed by atoms with Crippen molar-refractivity contribution >= 4 is 10.9 Å². The lowest BCUT2D eigenvalue weighted by Crippen LogP contribution is -2.05. The van der Waals surface area contributed by atoms with Crippen LogP contribution in [-0.2, 0) is 11.3 Å². The largest absolute Gasteiger partial charge is 0.479 e. The van der Waals surface area contributed by atoms with Crippen LogP contribution in [0.15, 0.2) is 24.3 Å². The monoisotopic (exact) mass is 206 g/mol. The third-order valence-corrected chi connectivity index (χ3v) is 2.32. The molecular weight excluding hydrogens is 192 g/mol. The van der Waals surface area contributed by atoms with E-state index in [-0.39, 0.29) is 0 Å². The highest BCUT2D eigenvalue weighted by atomic mass is 16.5. The zero-order valence-electron chi connectivity index (χ0n) is 8.93. The van der Waals surface area contributed by atoms with E-state index >= 15 is 0 Å². The predicted molar refractivity (Wildman–Crippen MR) is 58.2 cm³/mol. The maximum atomic E-state index is 5.22. The van der Waals surface area contributed by atoms with Gasteiger partial charge >= 0.3 is 0 Å². The zero-order valence-corrected chi connectivity index (χ0v) is 8.93. The van der Waals surface area contributed by atoms with Gasteiger partial charge in [0.1, 0.15) is 0 Å². The van der Waals surface area contributed by atoms with Gasteiger partial charge in [0.2, 0.25) is 5.88 Å². The first-order chi connectivity index (χ1) is 7.36. The van der Waals surface area contributed by atoms with Crippen LogP contribution in [0.3, 0.4) is 0 Å². The lowest BCUT2D eigenvalue weighted by Gasteiger charge is -2.00. The summed E-state index contributed by atoms with van der Waals surface area (Å²) >= 11 is 0. The van der Waals surface area contributed by atoms with Crippen LogP contribution in [0.4, 0.5) is 0 Å². The summed E-state index contributed by atoms with van der Waals surface area (Å²) in [5.74, 6) is 0.668. The van der Waals surface area contributed by atoms with Crippen LogP contribution in [0.25, 0.3) is 10.9 Å². The number of methoxy groups -OCH3 is 2. The van der Waals surface area contributed by atoms with Gasteiger partial charge in [-0.2, -0.15) is 0 Å². The van der Waals surface area contributed by atoms with E-state index < -0.39 is 0 Å². The molecule has 0 fully saturated rings. The van der Waals surface area contributed by atoms with E-state index in [1.807, 2.05) is 28.9 Å². The molecule has 0 aliphatic heterocycles. The van der Waals surface area contributed by atoms with Crippen molar-refractivity contribution in [1.29, 1.82) is 0 Å². The molecule has 15 heavy (non-hydrogen) atoms. The molecule has 4 nitrogen and oxygen atoms in total. The smallest absolute Gasteiger partial charge is 0.240 e. The molecule has 0 spiro atoms. The van der Waals surface area contributed by atoms with Crippen molar-refractivity contribution in [2.75, 3.05) is 20.8 Å². The minimum atomic E-state index is 0.648. The summed E-state index contributed by atoms with van der Waals surface area (Å²) in [5.41, 5.74) is 1.08. The molecule has 0 saturated carbocycles. The van der Waals surface area contributed by atoms with E-state index in [1.165, 1.54) is 0 Å². The number of hydrogen-bond acceptors (Lipinski definition) is 3. The van der Waals surface area contributed by atoms with E-state index in [1.54, 1.807) is 14.2 Å². The average Bonchev–Trinajstić information content (AvgIpc) is 2.65. The highest BCUT2D eigenvalue weighted by Gasteiger charge is 2.08. The van der Waals surface area contributed by atoms with Crippen molar-refractivity contribution in [3.8, 4) is 5.88 Å². The van der Waals surface area contributed by atoms with Crippen molar-refractivity contribution < 1.29 is 9.47 Å². The molecule has 2 aromatic rings. The lowest BCUT2D eigenvalue weighted by molar-refractivity contribution is 0.184. The number of aromatic nitrogens is 2. The van der Waals surface area contributed by atoms with Gasteiger partial charge in [-0.25, -0.2) is 0 Å².